The molecule has 0 bridgehead atoms. The minimum absolute atomic E-state index is 0.309. The Kier molecular flexibility index (Phi) is 3.25. The number of hydrogen-bond donors (Lipinski definition) is 3. The lowest BCUT2D eigenvalue weighted by Gasteiger charge is -2.08. The van der Waals surface area contributed by atoms with E-state index in [0.717, 1.165) is 12.8 Å². The van der Waals surface area contributed by atoms with E-state index in [2.05, 4.69) is 5.32 Å². The third-order valence-corrected chi connectivity index (χ3v) is 1.99. The molecule has 1 aliphatic rings. The molecule has 4 N–H and O–H groups in total. The predicted octanol–water partition coefficient (Wildman–Crippen LogP) is -0.685. The van der Waals surface area contributed by atoms with Gasteiger partial charge in [0.15, 0.2) is 0 Å². The van der Waals surface area contributed by atoms with Crippen molar-refractivity contribution in [2.24, 2.45) is 11.7 Å². The van der Waals surface area contributed by atoms with Crippen LogP contribution in [0.4, 0.5) is 0 Å². The molecule has 5 nitrogen and oxygen atoms in total. The van der Waals surface area contributed by atoms with Crippen molar-refractivity contribution in [2.75, 3.05) is 6.54 Å². The lowest BCUT2D eigenvalue weighted by atomic mass is 10.2. The van der Waals surface area contributed by atoms with E-state index in [0.29, 0.717) is 12.5 Å². The number of amides is 1. The van der Waals surface area contributed by atoms with E-state index in [1.165, 1.54) is 0 Å². The highest BCUT2D eigenvalue weighted by molar-refractivity contribution is 5.85. The third kappa shape index (κ3) is 3.89. The van der Waals surface area contributed by atoms with Gasteiger partial charge in [0.05, 0.1) is 12.5 Å². The summed E-state index contributed by atoms with van der Waals surface area (Å²) in [5.74, 6) is -0.829. The van der Waals surface area contributed by atoms with Gasteiger partial charge < -0.3 is 16.2 Å². The smallest absolute Gasteiger partial charge is 0.305 e. The Morgan fingerprint density at radius 3 is 2.62 bits per heavy atom. The number of nitrogens with two attached hydrogens (primary N) is 1. The molecule has 1 unspecified atom stereocenters. The summed E-state index contributed by atoms with van der Waals surface area (Å²) in [5, 5.41) is 11.0. The maximum atomic E-state index is 11.1. The molecular formula is C8H14N2O3. The maximum Gasteiger partial charge on any atom is 0.305 e. The van der Waals surface area contributed by atoms with Gasteiger partial charge >= 0.3 is 5.97 Å². The fourth-order valence-corrected chi connectivity index (χ4v) is 0.979. The second-order valence-corrected chi connectivity index (χ2v) is 3.39. The molecule has 1 aliphatic carbocycles. The Balaban J connectivity index is 2.16. The van der Waals surface area contributed by atoms with Crippen molar-refractivity contribution in [3.05, 3.63) is 0 Å². The van der Waals surface area contributed by atoms with Gasteiger partial charge in [0.1, 0.15) is 0 Å². The van der Waals surface area contributed by atoms with Crippen LogP contribution in [-0.4, -0.2) is 29.6 Å². The molecule has 74 valence electrons. The average Bonchev–Trinajstić information content (AvgIpc) is 2.81. The fourth-order valence-electron chi connectivity index (χ4n) is 0.979. The monoisotopic (exact) mass is 186 g/mol. The summed E-state index contributed by atoms with van der Waals surface area (Å²) in [4.78, 5) is 21.3. The first kappa shape index (κ1) is 9.98. The number of carbonyl (C=O) groups is 2. The first-order chi connectivity index (χ1) is 6.09. The van der Waals surface area contributed by atoms with Gasteiger partial charge in [-0.3, -0.25) is 9.59 Å². The van der Waals surface area contributed by atoms with Gasteiger partial charge in [-0.15, -0.1) is 0 Å². The van der Waals surface area contributed by atoms with E-state index in [9.17, 15) is 9.59 Å². The van der Waals surface area contributed by atoms with Crippen molar-refractivity contribution in [3.8, 4) is 0 Å². The molecule has 1 atom stereocenters. The van der Waals surface area contributed by atoms with Gasteiger partial charge in [0.25, 0.3) is 0 Å². The lowest BCUT2D eigenvalue weighted by molar-refractivity contribution is -0.139. The Morgan fingerprint density at radius 2 is 2.15 bits per heavy atom. The number of nitrogens with one attached hydrogen (secondary N) is 1. The summed E-state index contributed by atoms with van der Waals surface area (Å²) in [6.45, 7) is 0.631. The molecule has 0 aromatic carbocycles. The Hall–Kier alpha value is -1.10. The average molecular weight is 186 g/mol. The molecule has 5 heteroatoms. The van der Waals surface area contributed by atoms with Gasteiger partial charge in [-0.2, -0.15) is 0 Å². The molecule has 0 aliphatic heterocycles. The second kappa shape index (κ2) is 4.23. The molecule has 1 fully saturated rings. The van der Waals surface area contributed by atoms with E-state index in [1.807, 2.05) is 0 Å². The molecule has 0 radical (unpaired) electrons. The van der Waals surface area contributed by atoms with Crippen LogP contribution in [0.5, 0.6) is 0 Å². The zero-order valence-electron chi connectivity index (χ0n) is 7.32. The van der Waals surface area contributed by atoms with Gasteiger partial charge in [0.2, 0.25) is 5.91 Å². The quantitative estimate of drug-likeness (QED) is 0.530. The van der Waals surface area contributed by atoms with E-state index < -0.39 is 12.0 Å². The number of carbonyl (C=O) groups excluding carboxylic acids is 1. The molecule has 1 saturated carbocycles. The summed E-state index contributed by atoms with van der Waals surface area (Å²) in [6.07, 6.45) is 1.99. The topological polar surface area (TPSA) is 92.4 Å². The Bertz CT molecular complexity index is 213. The van der Waals surface area contributed by atoms with Crippen LogP contribution in [0.2, 0.25) is 0 Å². The molecule has 0 spiro atoms. The van der Waals surface area contributed by atoms with Crippen molar-refractivity contribution in [2.45, 2.75) is 25.3 Å². The number of hydrogen-bond acceptors (Lipinski definition) is 3. The van der Waals surface area contributed by atoms with Crippen LogP contribution < -0.4 is 11.1 Å². The lowest BCUT2D eigenvalue weighted by Crippen LogP contribution is -2.42. The number of rotatable bonds is 5. The molecule has 1 amide bonds. The van der Waals surface area contributed by atoms with Crippen LogP contribution in [-0.2, 0) is 9.59 Å². The largest absolute Gasteiger partial charge is 0.481 e. The van der Waals surface area contributed by atoms with Crippen LogP contribution in [0, 0.1) is 5.92 Å². The standard InChI is InChI=1S/C8H14N2O3/c9-6(3-7(11)12)8(13)10-4-5-1-2-5/h5-6H,1-4,9H2,(H,10,13)(H,11,12). The minimum atomic E-state index is -1.05. The van der Waals surface area contributed by atoms with Gasteiger partial charge in [-0.25, -0.2) is 0 Å². The molecule has 0 aromatic rings. The van der Waals surface area contributed by atoms with Crippen molar-refractivity contribution >= 4 is 11.9 Å². The first-order valence-corrected chi connectivity index (χ1v) is 4.34. The Morgan fingerprint density at radius 1 is 1.54 bits per heavy atom. The second-order valence-electron chi connectivity index (χ2n) is 3.39. The third-order valence-electron chi connectivity index (χ3n) is 1.99. The summed E-state index contributed by atoms with van der Waals surface area (Å²) in [5.41, 5.74) is 5.33. The van der Waals surface area contributed by atoms with Gasteiger partial charge in [-0.05, 0) is 18.8 Å². The summed E-state index contributed by atoms with van der Waals surface area (Å²) in [6, 6.07) is -0.920. The minimum Gasteiger partial charge on any atom is -0.481 e. The van der Waals surface area contributed by atoms with E-state index in [-0.39, 0.29) is 12.3 Å². The van der Waals surface area contributed by atoms with Crippen molar-refractivity contribution in [1.82, 2.24) is 5.32 Å². The summed E-state index contributed by atoms with van der Waals surface area (Å²) < 4.78 is 0. The Labute approximate surface area is 76.3 Å². The maximum absolute atomic E-state index is 11.1. The highest BCUT2D eigenvalue weighted by atomic mass is 16.4. The van der Waals surface area contributed by atoms with Gasteiger partial charge in [-0.1, -0.05) is 0 Å². The number of carboxylic acids is 1. The van der Waals surface area contributed by atoms with E-state index in [1.54, 1.807) is 0 Å². The molecule has 0 saturated heterocycles. The molecule has 0 heterocycles. The molecule has 0 aromatic heterocycles. The summed E-state index contributed by atoms with van der Waals surface area (Å²) >= 11 is 0. The van der Waals surface area contributed by atoms with E-state index in [4.69, 9.17) is 10.8 Å². The first-order valence-electron chi connectivity index (χ1n) is 4.34. The zero-order chi connectivity index (χ0) is 9.84. The highest BCUT2D eigenvalue weighted by Gasteiger charge is 2.23. The van der Waals surface area contributed by atoms with Gasteiger partial charge in [0, 0.05) is 6.54 Å². The van der Waals surface area contributed by atoms with Crippen LogP contribution >= 0.6 is 0 Å². The van der Waals surface area contributed by atoms with Crippen molar-refractivity contribution in [1.29, 1.82) is 0 Å². The number of carboxylic acid groups (broad SMARTS) is 1. The number of aliphatic carboxylic acids is 1. The SMILES string of the molecule is NC(CC(=O)O)C(=O)NCC1CC1. The van der Waals surface area contributed by atoms with E-state index >= 15 is 0 Å². The molecular weight excluding hydrogens is 172 g/mol. The normalized spacial score (nSPS) is 17.9. The van der Waals surface area contributed by atoms with Crippen LogP contribution in [0.1, 0.15) is 19.3 Å². The van der Waals surface area contributed by atoms with Crippen molar-refractivity contribution < 1.29 is 14.7 Å². The molecule has 1 rings (SSSR count). The highest BCUT2D eigenvalue weighted by Crippen LogP contribution is 2.27. The van der Waals surface area contributed by atoms with Crippen molar-refractivity contribution in [3.63, 3.8) is 0 Å². The predicted molar refractivity (Wildman–Crippen MR) is 46.0 cm³/mol. The van der Waals surface area contributed by atoms with Crippen LogP contribution in [0.25, 0.3) is 0 Å². The molecule has 13 heavy (non-hydrogen) atoms. The summed E-state index contributed by atoms with van der Waals surface area (Å²) in [7, 11) is 0. The zero-order valence-corrected chi connectivity index (χ0v) is 7.32. The fraction of sp³-hybridized carbons (Fsp3) is 0.750. The van der Waals surface area contributed by atoms with Crippen LogP contribution in [0.3, 0.4) is 0 Å². The van der Waals surface area contributed by atoms with Crippen LogP contribution in [0.15, 0.2) is 0 Å².